The molecule has 2 aliphatic heterocycles. The van der Waals surface area contributed by atoms with Crippen molar-refractivity contribution in [3.05, 3.63) is 0 Å². The molecule has 5 heteroatoms. The molecule has 100 valence electrons. The number of aliphatic hydroxyl groups is 1. The normalized spacial score (nSPS) is 37.5. The average molecular weight is 253 g/mol. The Balaban J connectivity index is 1.69. The van der Waals surface area contributed by atoms with Crippen LogP contribution in [0.1, 0.15) is 44.9 Å². The summed E-state index contributed by atoms with van der Waals surface area (Å²) in [5, 5.41) is 13.0. The summed E-state index contributed by atoms with van der Waals surface area (Å²) in [5.74, 6) is -0.204. The molecule has 1 aliphatic carbocycles. The minimum absolute atomic E-state index is 0.188. The number of hydrogen-bond donors (Lipinski definition) is 2. The van der Waals surface area contributed by atoms with E-state index in [0.717, 1.165) is 12.8 Å². The molecule has 0 spiro atoms. The Hall–Kier alpha value is -1.10. The van der Waals surface area contributed by atoms with Crippen molar-refractivity contribution in [1.29, 1.82) is 0 Å². The van der Waals surface area contributed by atoms with Crippen LogP contribution in [-0.2, 0) is 14.3 Å². The van der Waals surface area contributed by atoms with Gasteiger partial charge in [0.1, 0.15) is 6.10 Å². The van der Waals surface area contributed by atoms with Crippen molar-refractivity contribution >= 4 is 11.9 Å². The molecule has 1 unspecified atom stereocenters. The van der Waals surface area contributed by atoms with Crippen molar-refractivity contribution in [3.63, 3.8) is 0 Å². The molecule has 0 bridgehead atoms. The van der Waals surface area contributed by atoms with Crippen LogP contribution in [0.25, 0.3) is 0 Å². The number of esters is 1. The zero-order valence-electron chi connectivity index (χ0n) is 10.4. The van der Waals surface area contributed by atoms with Gasteiger partial charge in [-0.2, -0.15) is 0 Å². The zero-order chi connectivity index (χ0) is 12.8. The zero-order valence-corrected chi connectivity index (χ0v) is 10.4. The number of amides is 1. The quantitative estimate of drug-likeness (QED) is 0.718. The van der Waals surface area contributed by atoms with E-state index in [1.807, 2.05) is 0 Å². The van der Waals surface area contributed by atoms with Gasteiger partial charge in [-0.05, 0) is 12.3 Å². The van der Waals surface area contributed by atoms with E-state index < -0.39 is 23.7 Å². The number of fused-ring (bicyclic) bond motifs is 1. The van der Waals surface area contributed by atoms with Gasteiger partial charge in [0.25, 0.3) is 0 Å². The highest BCUT2D eigenvalue weighted by atomic mass is 16.6. The van der Waals surface area contributed by atoms with Crippen LogP contribution in [0.3, 0.4) is 0 Å². The van der Waals surface area contributed by atoms with Gasteiger partial charge in [-0.15, -0.1) is 0 Å². The summed E-state index contributed by atoms with van der Waals surface area (Å²) in [5.41, 5.74) is -1.13. The topological polar surface area (TPSA) is 75.6 Å². The lowest BCUT2D eigenvalue weighted by Gasteiger charge is -2.45. The molecule has 2 N–H and O–H groups in total. The van der Waals surface area contributed by atoms with E-state index in [2.05, 4.69) is 5.32 Å². The first-order chi connectivity index (χ1) is 8.63. The third-order valence-electron chi connectivity index (χ3n) is 4.62. The lowest BCUT2D eigenvalue weighted by molar-refractivity contribution is -0.201. The Morgan fingerprint density at radius 2 is 2.06 bits per heavy atom. The first-order valence-electron chi connectivity index (χ1n) is 6.83. The average Bonchev–Trinajstić information content (AvgIpc) is 2.63. The van der Waals surface area contributed by atoms with Gasteiger partial charge in [-0.3, -0.25) is 4.79 Å². The summed E-state index contributed by atoms with van der Waals surface area (Å²) < 4.78 is 4.96. The Kier molecular flexibility index (Phi) is 2.81. The molecule has 18 heavy (non-hydrogen) atoms. The van der Waals surface area contributed by atoms with E-state index in [-0.39, 0.29) is 12.3 Å². The van der Waals surface area contributed by atoms with Gasteiger partial charge in [0.15, 0.2) is 0 Å². The van der Waals surface area contributed by atoms with Crippen LogP contribution < -0.4 is 5.32 Å². The molecule has 0 aromatic carbocycles. The molecule has 3 atom stereocenters. The van der Waals surface area contributed by atoms with Gasteiger partial charge in [0, 0.05) is 0 Å². The van der Waals surface area contributed by atoms with Crippen molar-refractivity contribution in [3.8, 4) is 0 Å². The number of aliphatic hydroxyl groups excluding tert-OH is 1. The summed E-state index contributed by atoms with van der Waals surface area (Å²) in [4.78, 5) is 23.1. The fourth-order valence-corrected chi connectivity index (χ4v) is 3.54. The van der Waals surface area contributed by atoms with Gasteiger partial charge in [-0.1, -0.05) is 32.1 Å². The van der Waals surface area contributed by atoms with Crippen LogP contribution in [0.5, 0.6) is 0 Å². The van der Waals surface area contributed by atoms with Crippen molar-refractivity contribution in [2.45, 2.75) is 62.7 Å². The summed E-state index contributed by atoms with van der Waals surface area (Å²) >= 11 is 0. The first-order valence-corrected chi connectivity index (χ1v) is 6.83. The predicted octanol–water partition coefficient (Wildman–Crippen LogP) is 0.502. The Morgan fingerprint density at radius 1 is 1.33 bits per heavy atom. The van der Waals surface area contributed by atoms with E-state index in [9.17, 15) is 14.7 Å². The van der Waals surface area contributed by atoms with Gasteiger partial charge in [0.05, 0.1) is 12.5 Å². The largest absolute Gasteiger partial charge is 0.457 e. The number of hydrogen-bond acceptors (Lipinski definition) is 4. The highest BCUT2D eigenvalue weighted by Crippen LogP contribution is 2.41. The predicted molar refractivity (Wildman–Crippen MR) is 62.6 cm³/mol. The Labute approximate surface area is 106 Å². The summed E-state index contributed by atoms with van der Waals surface area (Å²) in [6.45, 7) is 0. The highest BCUT2D eigenvalue weighted by Gasteiger charge is 2.67. The second-order valence-electron chi connectivity index (χ2n) is 5.77. The number of carbonyl (C=O) groups is 2. The Morgan fingerprint density at radius 3 is 2.67 bits per heavy atom. The van der Waals surface area contributed by atoms with Crippen LogP contribution in [0.2, 0.25) is 0 Å². The van der Waals surface area contributed by atoms with E-state index in [4.69, 9.17) is 4.74 Å². The van der Waals surface area contributed by atoms with Gasteiger partial charge < -0.3 is 15.2 Å². The van der Waals surface area contributed by atoms with Crippen LogP contribution in [0, 0.1) is 5.92 Å². The van der Waals surface area contributed by atoms with Gasteiger partial charge >= 0.3 is 5.97 Å². The van der Waals surface area contributed by atoms with Crippen molar-refractivity contribution < 1.29 is 19.4 Å². The SMILES string of the molecule is O=C1C[C@@H]2OC(=O)C2([C@@H](O)CC2CCCCC2)N1. The maximum atomic E-state index is 11.7. The molecular weight excluding hydrogens is 234 g/mol. The second kappa shape index (κ2) is 4.23. The van der Waals surface area contributed by atoms with Crippen molar-refractivity contribution in [1.82, 2.24) is 5.32 Å². The molecule has 1 amide bonds. The van der Waals surface area contributed by atoms with Crippen LogP contribution >= 0.6 is 0 Å². The molecule has 0 aromatic rings. The van der Waals surface area contributed by atoms with Crippen molar-refractivity contribution in [2.75, 3.05) is 0 Å². The molecule has 0 aromatic heterocycles. The van der Waals surface area contributed by atoms with E-state index in [1.165, 1.54) is 19.3 Å². The summed E-state index contributed by atoms with van der Waals surface area (Å²) in [6, 6.07) is 0. The number of ether oxygens (including phenoxy) is 1. The molecule has 3 rings (SSSR count). The van der Waals surface area contributed by atoms with E-state index in [0.29, 0.717) is 12.3 Å². The number of rotatable bonds is 3. The fraction of sp³-hybridized carbons (Fsp3) is 0.846. The lowest BCUT2D eigenvalue weighted by Crippen LogP contribution is -2.72. The minimum atomic E-state index is -1.13. The molecule has 3 fully saturated rings. The smallest absolute Gasteiger partial charge is 0.338 e. The van der Waals surface area contributed by atoms with E-state index in [1.54, 1.807) is 0 Å². The monoisotopic (exact) mass is 253 g/mol. The summed E-state index contributed by atoms with van der Waals surface area (Å²) in [6.07, 6.45) is 5.39. The molecule has 2 saturated heterocycles. The number of carbonyl (C=O) groups excluding carboxylic acids is 2. The number of nitrogens with one attached hydrogen (secondary N) is 1. The molecule has 3 aliphatic rings. The van der Waals surface area contributed by atoms with Crippen molar-refractivity contribution in [2.24, 2.45) is 5.92 Å². The van der Waals surface area contributed by atoms with Crippen LogP contribution in [-0.4, -0.2) is 34.7 Å². The highest BCUT2D eigenvalue weighted by molar-refractivity contribution is 5.98. The third-order valence-corrected chi connectivity index (χ3v) is 4.62. The maximum Gasteiger partial charge on any atom is 0.338 e. The van der Waals surface area contributed by atoms with Gasteiger partial charge in [0.2, 0.25) is 11.4 Å². The second-order valence-corrected chi connectivity index (χ2v) is 5.77. The third kappa shape index (κ3) is 1.64. The Bertz CT molecular complexity index is 377. The fourth-order valence-electron chi connectivity index (χ4n) is 3.54. The maximum absolute atomic E-state index is 11.7. The van der Waals surface area contributed by atoms with Crippen LogP contribution in [0.4, 0.5) is 0 Å². The minimum Gasteiger partial charge on any atom is -0.457 e. The standard InChI is InChI=1S/C13H19NO4/c15-9(6-8-4-2-1-3-5-8)13-10(18-12(13)17)7-11(16)14-13/h8-10,15H,1-7H2,(H,14,16)/t9-,10-,13?/m0/s1. The summed E-state index contributed by atoms with van der Waals surface area (Å²) in [7, 11) is 0. The molecule has 2 heterocycles. The molecule has 0 radical (unpaired) electrons. The first kappa shape index (κ1) is 12.0. The van der Waals surface area contributed by atoms with E-state index >= 15 is 0 Å². The van der Waals surface area contributed by atoms with Crippen LogP contribution in [0.15, 0.2) is 0 Å². The molecular formula is C13H19NO4. The van der Waals surface area contributed by atoms with Gasteiger partial charge in [-0.25, -0.2) is 4.79 Å². The lowest BCUT2D eigenvalue weighted by atomic mass is 9.76. The molecule has 1 saturated carbocycles. The molecule has 5 nitrogen and oxygen atoms in total.